The number of oxime groups is 1. The number of nitrogens with zero attached hydrogens (tertiary/aromatic N) is 2. The fraction of sp³-hybridized carbons (Fsp3) is 0.700. The standard InChI is InChI=1S/C10H18N2O/c1-4-5-12-7-8(2)10(11-13)6-9(12)3/h4,8-9,13H,1,5-7H2,2-3H3/b11-10+/t8-,9-/m1/s1. The van der Waals surface area contributed by atoms with Gasteiger partial charge in [-0.25, -0.2) is 0 Å². The monoisotopic (exact) mass is 182 g/mol. The summed E-state index contributed by atoms with van der Waals surface area (Å²) >= 11 is 0. The van der Waals surface area contributed by atoms with Crippen molar-refractivity contribution < 1.29 is 5.21 Å². The Balaban J connectivity index is 2.61. The van der Waals surface area contributed by atoms with Crippen LogP contribution in [0.4, 0.5) is 0 Å². The summed E-state index contributed by atoms with van der Waals surface area (Å²) in [4.78, 5) is 2.35. The molecule has 3 heteroatoms. The quantitative estimate of drug-likeness (QED) is 0.401. The molecule has 0 aliphatic carbocycles. The molecule has 1 saturated heterocycles. The first-order chi connectivity index (χ1) is 6.19. The van der Waals surface area contributed by atoms with Crippen molar-refractivity contribution in [3.63, 3.8) is 0 Å². The van der Waals surface area contributed by atoms with Crippen LogP contribution in [0.2, 0.25) is 0 Å². The summed E-state index contributed by atoms with van der Waals surface area (Å²) < 4.78 is 0. The highest BCUT2D eigenvalue weighted by Crippen LogP contribution is 2.19. The minimum Gasteiger partial charge on any atom is -0.411 e. The van der Waals surface area contributed by atoms with Crippen molar-refractivity contribution in [1.29, 1.82) is 0 Å². The fourth-order valence-electron chi connectivity index (χ4n) is 1.83. The molecule has 1 N–H and O–H groups in total. The molecule has 0 saturated carbocycles. The lowest BCUT2D eigenvalue weighted by atomic mass is 9.93. The summed E-state index contributed by atoms with van der Waals surface area (Å²) in [5.74, 6) is 0.362. The van der Waals surface area contributed by atoms with Gasteiger partial charge in [0.05, 0.1) is 5.71 Å². The SMILES string of the molecule is C=CCN1C[C@@H](C)/C(=N/O)C[C@H]1C. The molecule has 1 heterocycles. The molecule has 1 aliphatic rings. The minimum atomic E-state index is 0.362. The molecule has 1 fully saturated rings. The highest BCUT2D eigenvalue weighted by Gasteiger charge is 2.26. The highest BCUT2D eigenvalue weighted by molar-refractivity contribution is 5.87. The Labute approximate surface area is 79.7 Å². The fourth-order valence-corrected chi connectivity index (χ4v) is 1.83. The van der Waals surface area contributed by atoms with E-state index < -0.39 is 0 Å². The maximum Gasteiger partial charge on any atom is 0.0627 e. The van der Waals surface area contributed by atoms with Crippen molar-refractivity contribution >= 4 is 5.71 Å². The molecule has 0 aromatic heterocycles. The molecular weight excluding hydrogens is 164 g/mol. The zero-order valence-electron chi connectivity index (χ0n) is 8.40. The predicted molar refractivity (Wildman–Crippen MR) is 54.2 cm³/mol. The molecule has 0 radical (unpaired) electrons. The molecule has 13 heavy (non-hydrogen) atoms. The molecule has 3 nitrogen and oxygen atoms in total. The van der Waals surface area contributed by atoms with E-state index in [9.17, 15) is 0 Å². The lowest BCUT2D eigenvalue weighted by Gasteiger charge is -2.36. The zero-order chi connectivity index (χ0) is 9.84. The van der Waals surface area contributed by atoms with Gasteiger partial charge in [-0.2, -0.15) is 0 Å². The lowest BCUT2D eigenvalue weighted by Crippen LogP contribution is -2.45. The molecule has 2 atom stereocenters. The third-order valence-corrected chi connectivity index (χ3v) is 2.70. The van der Waals surface area contributed by atoms with Crippen LogP contribution in [0.1, 0.15) is 20.3 Å². The minimum absolute atomic E-state index is 0.362. The Bertz CT molecular complexity index is 213. The zero-order valence-corrected chi connectivity index (χ0v) is 8.40. The average molecular weight is 182 g/mol. The van der Waals surface area contributed by atoms with Crippen LogP contribution in [0, 0.1) is 5.92 Å². The molecule has 1 rings (SSSR count). The number of likely N-dealkylation sites (tertiary alicyclic amines) is 1. The highest BCUT2D eigenvalue weighted by atomic mass is 16.4. The van der Waals surface area contributed by atoms with Crippen LogP contribution in [-0.2, 0) is 0 Å². The van der Waals surface area contributed by atoms with Gasteiger partial charge in [0.1, 0.15) is 0 Å². The smallest absolute Gasteiger partial charge is 0.0627 e. The van der Waals surface area contributed by atoms with E-state index >= 15 is 0 Å². The predicted octanol–water partition coefficient (Wildman–Crippen LogP) is 1.73. The van der Waals surface area contributed by atoms with Crippen LogP contribution in [0.15, 0.2) is 17.8 Å². The van der Waals surface area contributed by atoms with Crippen molar-refractivity contribution in [3.8, 4) is 0 Å². The van der Waals surface area contributed by atoms with Crippen molar-refractivity contribution in [3.05, 3.63) is 12.7 Å². The summed E-state index contributed by atoms with van der Waals surface area (Å²) in [7, 11) is 0. The normalized spacial score (nSPS) is 33.5. The van der Waals surface area contributed by atoms with Gasteiger partial charge in [0, 0.05) is 31.5 Å². The Morgan fingerprint density at radius 2 is 2.38 bits per heavy atom. The Kier molecular flexibility index (Phi) is 3.48. The third-order valence-electron chi connectivity index (χ3n) is 2.70. The van der Waals surface area contributed by atoms with E-state index in [-0.39, 0.29) is 0 Å². The van der Waals surface area contributed by atoms with Gasteiger partial charge < -0.3 is 5.21 Å². The first-order valence-electron chi connectivity index (χ1n) is 4.74. The van der Waals surface area contributed by atoms with E-state index in [1.807, 2.05) is 6.08 Å². The van der Waals surface area contributed by atoms with Gasteiger partial charge in [0.15, 0.2) is 0 Å². The molecule has 0 aromatic rings. The van der Waals surface area contributed by atoms with E-state index in [1.165, 1.54) is 0 Å². The topological polar surface area (TPSA) is 35.8 Å². The van der Waals surface area contributed by atoms with Crippen LogP contribution in [0.25, 0.3) is 0 Å². The van der Waals surface area contributed by atoms with Crippen molar-refractivity contribution in [2.24, 2.45) is 11.1 Å². The van der Waals surface area contributed by atoms with E-state index in [4.69, 9.17) is 5.21 Å². The van der Waals surface area contributed by atoms with Crippen LogP contribution < -0.4 is 0 Å². The lowest BCUT2D eigenvalue weighted by molar-refractivity contribution is 0.195. The molecule has 0 spiro atoms. The van der Waals surface area contributed by atoms with E-state index in [2.05, 4.69) is 30.5 Å². The van der Waals surface area contributed by atoms with Crippen molar-refractivity contribution in [1.82, 2.24) is 4.90 Å². The van der Waals surface area contributed by atoms with Crippen LogP contribution >= 0.6 is 0 Å². The van der Waals surface area contributed by atoms with Crippen LogP contribution in [-0.4, -0.2) is 35.0 Å². The second-order valence-corrected chi connectivity index (χ2v) is 3.79. The van der Waals surface area contributed by atoms with Crippen LogP contribution in [0.5, 0.6) is 0 Å². The van der Waals surface area contributed by atoms with Gasteiger partial charge in [-0.05, 0) is 6.92 Å². The van der Waals surface area contributed by atoms with Crippen LogP contribution in [0.3, 0.4) is 0 Å². The second-order valence-electron chi connectivity index (χ2n) is 3.79. The van der Waals surface area contributed by atoms with Gasteiger partial charge in [0.25, 0.3) is 0 Å². The Morgan fingerprint density at radius 1 is 1.69 bits per heavy atom. The van der Waals surface area contributed by atoms with Gasteiger partial charge in [0.2, 0.25) is 0 Å². The Morgan fingerprint density at radius 3 is 2.92 bits per heavy atom. The summed E-state index contributed by atoms with van der Waals surface area (Å²) in [5.41, 5.74) is 0.924. The molecule has 0 unspecified atom stereocenters. The van der Waals surface area contributed by atoms with E-state index in [1.54, 1.807) is 0 Å². The van der Waals surface area contributed by atoms with Gasteiger partial charge in [-0.15, -0.1) is 6.58 Å². The first-order valence-corrected chi connectivity index (χ1v) is 4.74. The molecule has 0 bridgehead atoms. The summed E-state index contributed by atoms with van der Waals surface area (Å²) in [6, 6.07) is 0.458. The number of hydrogen-bond acceptors (Lipinski definition) is 3. The molecule has 1 aliphatic heterocycles. The van der Waals surface area contributed by atoms with Gasteiger partial charge in [-0.3, -0.25) is 4.90 Å². The molecular formula is C10H18N2O. The van der Waals surface area contributed by atoms with E-state index in [0.29, 0.717) is 12.0 Å². The van der Waals surface area contributed by atoms with Gasteiger partial charge >= 0.3 is 0 Å². The summed E-state index contributed by atoms with van der Waals surface area (Å²) in [6.45, 7) is 9.87. The van der Waals surface area contributed by atoms with Crippen molar-refractivity contribution in [2.75, 3.05) is 13.1 Å². The first kappa shape index (κ1) is 10.3. The Hall–Kier alpha value is -0.830. The molecule has 74 valence electrons. The molecule has 0 amide bonds. The van der Waals surface area contributed by atoms with Crippen molar-refractivity contribution in [2.45, 2.75) is 26.3 Å². The molecule has 0 aromatic carbocycles. The summed E-state index contributed by atoms with van der Waals surface area (Å²) in [5, 5.41) is 12.1. The number of rotatable bonds is 2. The second kappa shape index (κ2) is 4.42. The largest absolute Gasteiger partial charge is 0.411 e. The average Bonchev–Trinajstić information content (AvgIpc) is 2.11. The maximum absolute atomic E-state index is 8.74. The summed E-state index contributed by atoms with van der Waals surface area (Å²) in [6.07, 6.45) is 2.79. The maximum atomic E-state index is 8.74. The van der Waals surface area contributed by atoms with Gasteiger partial charge in [-0.1, -0.05) is 18.2 Å². The van der Waals surface area contributed by atoms with E-state index in [0.717, 1.165) is 25.2 Å². The number of hydrogen-bond donors (Lipinski definition) is 1. The number of piperidine rings is 1. The third kappa shape index (κ3) is 2.31.